The van der Waals surface area contributed by atoms with Crippen molar-refractivity contribution in [1.82, 2.24) is 0 Å². The van der Waals surface area contributed by atoms with E-state index in [1.807, 2.05) is 18.7 Å². The Labute approximate surface area is 114 Å². The number of rotatable bonds is 6. The molecule has 1 aromatic rings. The molecule has 0 bridgehead atoms. The lowest BCUT2D eigenvalue weighted by atomic mass is 9.99. The van der Waals surface area contributed by atoms with E-state index in [0.29, 0.717) is 0 Å². The molecule has 2 nitrogen and oxygen atoms in total. The zero-order valence-corrected chi connectivity index (χ0v) is 11.9. The lowest BCUT2D eigenvalue weighted by Gasteiger charge is -2.21. The van der Waals surface area contributed by atoms with Gasteiger partial charge in [0.1, 0.15) is 0 Å². The SMILES string of the molecule is CC(N)(CO)CCCSc1ccc2c(c1)CCC2. The Bertz CT molecular complexity index is 403. The summed E-state index contributed by atoms with van der Waals surface area (Å²) in [7, 11) is 0. The fourth-order valence-electron chi connectivity index (χ4n) is 2.38. The zero-order valence-electron chi connectivity index (χ0n) is 11.1. The van der Waals surface area contributed by atoms with E-state index in [2.05, 4.69) is 18.2 Å². The monoisotopic (exact) mass is 265 g/mol. The second-order valence-electron chi connectivity index (χ2n) is 5.55. The Morgan fingerprint density at radius 2 is 2.11 bits per heavy atom. The van der Waals surface area contributed by atoms with E-state index in [9.17, 15) is 0 Å². The van der Waals surface area contributed by atoms with Crippen molar-refractivity contribution in [3.05, 3.63) is 29.3 Å². The van der Waals surface area contributed by atoms with Gasteiger partial charge in [0.2, 0.25) is 0 Å². The van der Waals surface area contributed by atoms with E-state index >= 15 is 0 Å². The average Bonchev–Trinajstić information content (AvgIpc) is 2.82. The van der Waals surface area contributed by atoms with Crippen LogP contribution in [-0.4, -0.2) is 23.0 Å². The molecule has 1 atom stereocenters. The summed E-state index contributed by atoms with van der Waals surface area (Å²) >= 11 is 1.90. The molecule has 1 aliphatic carbocycles. The molecule has 0 radical (unpaired) electrons. The zero-order chi connectivity index (χ0) is 13.0. The van der Waals surface area contributed by atoms with Crippen molar-refractivity contribution in [2.45, 2.75) is 49.5 Å². The third-order valence-corrected chi connectivity index (χ3v) is 4.67. The van der Waals surface area contributed by atoms with Gasteiger partial charge < -0.3 is 10.8 Å². The van der Waals surface area contributed by atoms with Crippen molar-refractivity contribution in [3.63, 3.8) is 0 Å². The minimum Gasteiger partial charge on any atom is -0.394 e. The number of nitrogens with two attached hydrogens (primary N) is 1. The van der Waals surface area contributed by atoms with Crippen LogP contribution in [-0.2, 0) is 12.8 Å². The van der Waals surface area contributed by atoms with Gasteiger partial charge in [0.05, 0.1) is 6.61 Å². The molecule has 18 heavy (non-hydrogen) atoms. The number of aliphatic hydroxyl groups excluding tert-OH is 1. The molecule has 0 fully saturated rings. The summed E-state index contributed by atoms with van der Waals surface area (Å²) in [4.78, 5) is 1.37. The molecule has 1 aliphatic rings. The highest BCUT2D eigenvalue weighted by Gasteiger charge is 2.16. The van der Waals surface area contributed by atoms with Gasteiger partial charge in [-0.15, -0.1) is 11.8 Å². The van der Waals surface area contributed by atoms with Crippen LogP contribution >= 0.6 is 11.8 Å². The second kappa shape index (κ2) is 6.09. The summed E-state index contributed by atoms with van der Waals surface area (Å²) in [6.07, 6.45) is 5.74. The molecule has 3 N–H and O–H groups in total. The highest BCUT2D eigenvalue weighted by atomic mass is 32.2. The molecule has 0 spiro atoms. The molecule has 0 amide bonds. The topological polar surface area (TPSA) is 46.2 Å². The van der Waals surface area contributed by atoms with E-state index in [0.717, 1.165) is 18.6 Å². The first-order valence-electron chi connectivity index (χ1n) is 6.75. The summed E-state index contributed by atoms with van der Waals surface area (Å²) in [5.74, 6) is 1.07. The molecule has 3 heteroatoms. The molecule has 1 unspecified atom stereocenters. The molecule has 0 saturated heterocycles. The van der Waals surface area contributed by atoms with Crippen molar-refractivity contribution in [1.29, 1.82) is 0 Å². The van der Waals surface area contributed by atoms with Crippen molar-refractivity contribution < 1.29 is 5.11 Å². The van der Waals surface area contributed by atoms with E-state index < -0.39 is 5.54 Å². The van der Waals surface area contributed by atoms with Crippen LogP contribution < -0.4 is 5.73 Å². The van der Waals surface area contributed by atoms with Gasteiger partial charge in [0.25, 0.3) is 0 Å². The summed E-state index contributed by atoms with van der Waals surface area (Å²) in [5.41, 5.74) is 8.57. The second-order valence-corrected chi connectivity index (χ2v) is 6.72. The molecule has 0 saturated carbocycles. The van der Waals surface area contributed by atoms with Crippen LogP contribution in [0.3, 0.4) is 0 Å². The molecule has 0 aliphatic heterocycles. The average molecular weight is 265 g/mol. The third-order valence-electron chi connectivity index (χ3n) is 3.59. The van der Waals surface area contributed by atoms with Gasteiger partial charge in [-0.3, -0.25) is 0 Å². The standard InChI is InChI=1S/C15H23NOS/c1-15(16,11-17)8-3-9-18-14-7-6-12-4-2-5-13(12)10-14/h6-7,10,17H,2-5,8-9,11,16H2,1H3. The van der Waals surface area contributed by atoms with Crippen LogP contribution in [0.25, 0.3) is 0 Å². The number of aliphatic hydroxyl groups is 1. The summed E-state index contributed by atoms with van der Waals surface area (Å²) < 4.78 is 0. The number of hydrogen-bond donors (Lipinski definition) is 2. The van der Waals surface area contributed by atoms with E-state index in [1.54, 1.807) is 5.56 Å². The van der Waals surface area contributed by atoms with Gasteiger partial charge in [0, 0.05) is 10.4 Å². The molecular weight excluding hydrogens is 242 g/mol. The van der Waals surface area contributed by atoms with Gasteiger partial charge >= 0.3 is 0 Å². The number of hydrogen-bond acceptors (Lipinski definition) is 3. The maximum absolute atomic E-state index is 9.08. The number of thioether (sulfide) groups is 1. The van der Waals surface area contributed by atoms with Crippen LogP contribution in [0, 0.1) is 0 Å². The summed E-state index contributed by atoms with van der Waals surface area (Å²) in [5, 5.41) is 9.08. The van der Waals surface area contributed by atoms with Crippen molar-refractivity contribution in [2.75, 3.05) is 12.4 Å². The van der Waals surface area contributed by atoms with Crippen molar-refractivity contribution in [2.24, 2.45) is 5.73 Å². The van der Waals surface area contributed by atoms with E-state index in [4.69, 9.17) is 10.8 Å². The predicted molar refractivity (Wildman–Crippen MR) is 78.1 cm³/mol. The van der Waals surface area contributed by atoms with Crippen LogP contribution in [0.1, 0.15) is 37.3 Å². The van der Waals surface area contributed by atoms with Gasteiger partial charge in [-0.2, -0.15) is 0 Å². The van der Waals surface area contributed by atoms with E-state index in [1.165, 1.54) is 29.7 Å². The first-order valence-corrected chi connectivity index (χ1v) is 7.74. The minimum absolute atomic E-state index is 0.0660. The first kappa shape index (κ1) is 13.9. The van der Waals surface area contributed by atoms with Gasteiger partial charge in [-0.05, 0) is 68.0 Å². The van der Waals surface area contributed by atoms with Gasteiger partial charge in [-0.1, -0.05) is 6.07 Å². The Balaban J connectivity index is 1.77. The smallest absolute Gasteiger partial charge is 0.0608 e. The maximum Gasteiger partial charge on any atom is 0.0608 e. The Morgan fingerprint density at radius 1 is 1.33 bits per heavy atom. The summed E-state index contributed by atoms with van der Waals surface area (Å²) in [6.45, 7) is 1.98. The number of benzene rings is 1. The lowest BCUT2D eigenvalue weighted by molar-refractivity contribution is 0.200. The van der Waals surface area contributed by atoms with Gasteiger partial charge in [0.15, 0.2) is 0 Å². The highest BCUT2D eigenvalue weighted by molar-refractivity contribution is 7.99. The van der Waals surface area contributed by atoms with E-state index in [-0.39, 0.29) is 6.61 Å². The highest BCUT2D eigenvalue weighted by Crippen LogP contribution is 2.28. The number of fused-ring (bicyclic) bond motifs is 1. The Hall–Kier alpha value is -0.510. The molecule has 1 aromatic carbocycles. The molecule has 2 rings (SSSR count). The Morgan fingerprint density at radius 3 is 2.89 bits per heavy atom. The van der Waals surface area contributed by atoms with Crippen LogP contribution in [0.15, 0.2) is 23.1 Å². The fraction of sp³-hybridized carbons (Fsp3) is 0.600. The Kier molecular flexibility index (Phi) is 4.71. The van der Waals surface area contributed by atoms with Crippen LogP contribution in [0.4, 0.5) is 0 Å². The first-order chi connectivity index (χ1) is 8.61. The third kappa shape index (κ3) is 3.74. The quantitative estimate of drug-likeness (QED) is 0.614. The predicted octanol–water partition coefficient (Wildman–Crippen LogP) is 2.76. The molecule has 0 aromatic heterocycles. The lowest BCUT2D eigenvalue weighted by Crippen LogP contribution is -2.40. The van der Waals surface area contributed by atoms with Crippen LogP contribution in [0.5, 0.6) is 0 Å². The maximum atomic E-state index is 9.08. The minimum atomic E-state index is -0.418. The number of aryl methyl sites for hydroxylation is 2. The van der Waals surface area contributed by atoms with Crippen molar-refractivity contribution in [3.8, 4) is 0 Å². The molecular formula is C15H23NOS. The summed E-state index contributed by atoms with van der Waals surface area (Å²) in [6, 6.07) is 6.87. The largest absolute Gasteiger partial charge is 0.394 e. The molecule has 100 valence electrons. The van der Waals surface area contributed by atoms with Crippen molar-refractivity contribution >= 4 is 11.8 Å². The normalized spacial score (nSPS) is 17.5. The van der Waals surface area contributed by atoms with Crippen LogP contribution in [0.2, 0.25) is 0 Å². The fourth-order valence-corrected chi connectivity index (χ4v) is 3.30. The molecule has 0 heterocycles. The van der Waals surface area contributed by atoms with Gasteiger partial charge in [-0.25, -0.2) is 0 Å².